The average Bonchev–Trinajstić information content (AvgIpc) is 3.45. The molecule has 4 heterocycles. The van der Waals surface area contributed by atoms with Gasteiger partial charge in [0.05, 0.1) is 47.9 Å². The van der Waals surface area contributed by atoms with E-state index in [4.69, 9.17) is 23.7 Å². The molecule has 3 aliphatic rings. The number of benzene rings is 1. The minimum absolute atomic E-state index is 0.0547. The number of urea groups is 1. The number of Topliss-reactive ketones (excluding diaryl/α,β-unsaturated/α-hetero) is 2. The molecule has 3 fully saturated rings. The van der Waals surface area contributed by atoms with Crippen LogP contribution in [0.1, 0.15) is 74.7 Å². The van der Waals surface area contributed by atoms with E-state index in [-0.39, 0.29) is 37.4 Å². The van der Waals surface area contributed by atoms with Crippen molar-refractivity contribution in [2.75, 3.05) is 33.2 Å². The number of amides is 3. The van der Waals surface area contributed by atoms with Gasteiger partial charge in [0.1, 0.15) is 23.9 Å². The fourth-order valence-corrected chi connectivity index (χ4v) is 9.11. The number of aliphatic hydroxyl groups excluding tert-OH is 1. The summed E-state index contributed by atoms with van der Waals surface area (Å²) in [5, 5.41) is 17.7. The summed E-state index contributed by atoms with van der Waals surface area (Å²) >= 11 is 0. The number of rotatable bonds is 8. The van der Waals surface area contributed by atoms with E-state index in [0.717, 1.165) is 10.9 Å². The normalized spacial score (nSPS) is 36.6. The van der Waals surface area contributed by atoms with Crippen LogP contribution in [0.4, 0.5) is 15.3 Å². The first-order valence-electron chi connectivity index (χ1n) is 20.1. The Bertz CT molecular complexity index is 1850. The van der Waals surface area contributed by atoms with E-state index in [2.05, 4.69) is 15.6 Å². The molecule has 16 heteroatoms. The van der Waals surface area contributed by atoms with Crippen LogP contribution in [-0.2, 0) is 38.1 Å². The van der Waals surface area contributed by atoms with Gasteiger partial charge in [0.15, 0.2) is 17.7 Å². The van der Waals surface area contributed by atoms with Gasteiger partial charge < -0.3 is 44.3 Å². The highest BCUT2D eigenvalue weighted by Crippen LogP contribution is 2.43. The quantitative estimate of drug-likeness (QED) is 0.249. The summed E-state index contributed by atoms with van der Waals surface area (Å²) in [6.07, 6.45) is -3.23. The summed E-state index contributed by atoms with van der Waals surface area (Å²) in [6, 6.07) is 7.24. The van der Waals surface area contributed by atoms with Gasteiger partial charge in [0.2, 0.25) is 0 Å². The van der Waals surface area contributed by atoms with Gasteiger partial charge >= 0.3 is 18.1 Å². The third-order valence-electron chi connectivity index (χ3n) is 12.4. The number of anilines is 1. The summed E-state index contributed by atoms with van der Waals surface area (Å²) < 4.78 is 30.9. The molecule has 3 amide bonds. The summed E-state index contributed by atoms with van der Waals surface area (Å²) in [4.78, 5) is 77.4. The molecule has 0 saturated carbocycles. The van der Waals surface area contributed by atoms with Gasteiger partial charge in [-0.3, -0.25) is 24.3 Å². The fourth-order valence-electron chi connectivity index (χ4n) is 9.11. The van der Waals surface area contributed by atoms with Crippen molar-refractivity contribution in [3.63, 3.8) is 0 Å². The molecule has 58 heavy (non-hydrogen) atoms. The van der Waals surface area contributed by atoms with E-state index in [1.165, 1.54) is 25.1 Å². The first-order chi connectivity index (χ1) is 27.3. The largest absolute Gasteiger partial charge is 0.458 e. The zero-order valence-electron chi connectivity index (χ0n) is 35.5. The molecule has 2 aromatic rings. The third-order valence-corrected chi connectivity index (χ3v) is 12.4. The number of pyridine rings is 1. The number of esters is 1. The van der Waals surface area contributed by atoms with Gasteiger partial charge in [-0.15, -0.1) is 0 Å². The van der Waals surface area contributed by atoms with Crippen molar-refractivity contribution in [3.05, 3.63) is 36.5 Å². The molecule has 5 rings (SSSR count). The van der Waals surface area contributed by atoms with E-state index in [1.807, 2.05) is 50.2 Å². The highest BCUT2D eigenvalue weighted by atomic mass is 16.7. The van der Waals surface area contributed by atoms with Crippen molar-refractivity contribution >= 4 is 46.3 Å². The molecule has 0 spiro atoms. The summed E-state index contributed by atoms with van der Waals surface area (Å²) in [5.74, 6) is -5.56. The fraction of sp³-hybridized carbons (Fsp3) is 0.667. The number of cyclic esters (lactones) is 1. The lowest BCUT2D eigenvalue weighted by molar-refractivity contribution is -0.295. The lowest BCUT2D eigenvalue weighted by atomic mass is 9.73. The molecule has 13 atom stereocenters. The number of hydrogen-bond donors (Lipinski definition) is 3. The van der Waals surface area contributed by atoms with Gasteiger partial charge in [-0.2, -0.15) is 0 Å². The molecule has 0 radical (unpaired) electrons. The first-order valence-corrected chi connectivity index (χ1v) is 20.1. The maximum absolute atomic E-state index is 14.7. The van der Waals surface area contributed by atoms with Crippen LogP contribution in [0.3, 0.4) is 0 Å². The molecule has 1 aromatic heterocycles. The predicted molar refractivity (Wildman–Crippen MR) is 213 cm³/mol. The summed E-state index contributed by atoms with van der Waals surface area (Å²) in [6.45, 7) is 13.1. The number of nitrogens with one attached hydrogen (secondary N) is 2. The number of methoxy groups -OCH3 is 1. The van der Waals surface area contributed by atoms with E-state index in [9.17, 15) is 29.1 Å². The average molecular weight is 812 g/mol. The Labute approximate surface area is 340 Å². The van der Waals surface area contributed by atoms with E-state index in [1.54, 1.807) is 47.6 Å². The number of likely N-dealkylation sites (N-methyl/N-ethyl adjacent to an activating group) is 1. The lowest BCUT2D eigenvalue weighted by Crippen LogP contribution is -2.60. The molecule has 1 aromatic carbocycles. The number of hydrogen-bond acceptors (Lipinski definition) is 13. The van der Waals surface area contributed by atoms with Crippen LogP contribution in [0.25, 0.3) is 10.9 Å². The molecule has 0 bridgehead atoms. The van der Waals surface area contributed by atoms with Gasteiger partial charge in [-0.25, -0.2) is 9.59 Å². The minimum Gasteiger partial charge on any atom is -0.458 e. The Kier molecular flexibility index (Phi) is 13.9. The van der Waals surface area contributed by atoms with Crippen LogP contribution in [0.15, 0.2) is 36.5 Å². The van der Waals surface area contributed by atoms with E-state index >= 15 is 0 Å². The van der Waals surface area contributed by atoms with Gasteiger partial charge in [0.25, 0.3) is 0 Å². The molecule has 3 saturated heterocycles. The standard InChI is InChI=1S/C42H61N5O11/c1-12-31-42(8)35(47(40(53)58-42)21-44-39(52)45-28-18-27-15-13-14-16-29(27)43-20-28)24(4)32(48)22(2)19-41(7,54-11)36(25(5)33(49)26(6)37(51)56-31)57-38-34(50)30(46(9)10)17-23(3)55-38/h13-16,18,20,22-26,30-31,34-36,38,50H,12,17,19,21H2,1-11H3,(H2,44,45,52)/t22-,23-,24+,25+,26-,30+,31-,34-,35-,36-,38+,41-,42-/m1/s1. The number of carbonyl (C=O) groups excluding carboxylic acids is 5. The lowest BCUT2D eigenvalue weighted by Gasteiger charge is -2.47. The Morgan fingerprint density at radius 3 is 2.40 bits per heavy atom. The monoisotopic (exact) mass is 811 g/mol. The number of carbonyl (C=O) groups is 5. The third kappa shape index (κ3) is 9.00. The van der Waals surface area contributed by atoms with Gasteiger partial charge in [-0.1, -0.05) is 45.9 Å². The number of para-hydroxylation sites is 1. The molecule has 0 unspecified atom stereocenters. The second-order valence-electron chi connectivity index (χ2n) is 16.9. The maximum atomic E-state index is 14.7. The molecule has 0 aliphatic carbocycles. The van der Waals surface area contributed by atoms with Crippen LogP contribution in [-0.4, -0.2) is 131 Å². The minimum atomic E-state index is -1.57. The molecule has 320 valence electrons. The zero-order chi connectivity index (χ0) is 42.9. The molecular weight excluding hydrogens is 750 g/mol. The Morgan fingerprint density at radius 1 is 1.05 bits per heavy atom. The van der Waals surface area contributed by atoms with Crippen molar-refractivity contribution in [2.24, 2.45) is 23.7 Å². The number of ketones is 2. The van der Waals surface area contributed by atoms with Gasteiger partial charge in [-0.05, 0) is 73.2 Å². The molecule has 3 aliphatic heterocycles. The van der Waals surface area contributed by atoms with Crippen LogP contribution >= 0.6 is 0 Å². The Morgan fingerprint density at radius 2 is 1.74 bits per heavy atom. The number of aliphatic hydroxyl groups is 1. The first kappa shape index (κ1) is 44.9. The highest BCUT2D eigenvalue weighted by Gasteiger charge is 2.60. The topological polar surface area (TPSA) is 195 Å². The van der Waals surface area contributed by atoms with Crippen LogP contribution < -0.4 is 10.6 Å². The van der Waals surface area contributed by atoms with Crippen LogP contribution in [0.2, 0.25) is 0 Å². The summed E-state index contributed by atoms with van der Waals surface area (Å²) in [7, 11) is 5.16. The molecule has 16 nitrogen and oxygen atoms in total. The zero-order valence-corrected chi connectivity index (χ0v) is 35.5. The van der Waals surface area contributed by atoms with Crippen molar-refractivity contribution < 1.29 is 52.8 Å². The van der Waals surface area contributed by atoms with Crippen molar-refractivity contribution in [2.45, 2.75) is 129 Å². The van der Waals surface area contributed by atoms with Crippen molar-refractivity contribution in [1.29, 1.82) is 0 Å². The number of nitrogens with zero attached hydrogens (tertiary/aromatic N) is 3. The number of ether oxygens (including phenoxy) is 5. The molecule has 3 N–H and O–H groups in total. The van der Waals surface area contributed by atoms with E-state index in [0.29, 0.717) is 12.1 Å². The SMILES string of the molecule is CC[C@H]1OC(=O)[C@H](C)C(=O)[C@H](C)[C@@H](O[C@@H]2O[C@H](C)C[C@H](N(C)C)[C@H]2O)[C@](C)(OC)C[C@@H](C)C(=O)[C@H](C)[C@H]2N(CNC(=O)Nc3cnc4ccccc4c3)C(=O)O[C@]12C. The van der Waals surface area contributed by atoms with Crippen molar-refractivity contribution in [1.82, 2.24) is 20.1 Å². The van der Waals surface area contributed by atoms with Crippen LogP contribution in [0, 0.1) is 23.7 Å². The second-order valence-corrected chi connectivity index (χ2v) is 16.9. The van der Waals surface area contributed by atoms with E-state index < -0.39 is 89.4 Å². The maximum Gasteiger partial charge on any atom is 0.412 e. The Balaban J connectivity index is 1.47. The molecular formula is C42H61N5O11. The number of aromatic nitrogens is 1. The Hall–Kier alpha value is -4.22. The number of fused-ring (bicyclic) bond motifs is 2. The predicted octanol–water partition coefficient (Wildman–Crippen LogP) is 4.52. The smallest absolute Gasteiger partial charge is 0.412 e. The second kappa shape index (κ2) is 18.0. The summed E-state index contributed by atoms with van der Waals surface area (Å²) in [5.41, 5.74) is -1.72. The van der Waals surface area contributed by atoms with Gasteiger partial charge in [0, 0.05) is 36.3 Å². The van der Waals surface area contributed by atoms with Crippen LogP contribution in [0.5, 0.6) is 0 Å². The van der Waals surface area contributed by atoms with Crippen molar-refractivity contribution in [3.8, 4) is 0 Å². The highest BCUT2D eigenvalue weighted by molar-refractivity contribution is 6.00.